The van der Waals surface area contributed by atoms with Gasteiger partial charge in [0.15, 0.2) is 0 Å². The molecule has 0 aromatic heterocycles. The summed E-state index contributed by atoms with van der Waals surface area (Å²) in [4.78, 5) is 2.45. The second kappa shape index (κ2) is 8.28. The predicted octanol–water partition coefficient (Wildman–Crippen LogP) is 3.46. The van der Waals surface area contributed by atoms with Gasteiger partial charge in [-0.2, -0.15) is 0 Å². The maximum Gasteiger partial charge on any atom is 0.0587 e. The van der Waals surface area contributed by atoms with Gasteiger partial charge >= 0.3 is 0 Å². The summed E-state index contributed by atoms with van der Waals surface area (Å²) in [6.45, 7) is 3.39. The molecule has 0 radical (unpaired) electrons. The molecule has 3 atom stereocenters. The highest BCUT2D eigenvalue weighted by molar-refractivity contribution is 9.10. The molecule has 3 nitrogen and oxygen atoms in total. The van der Waals surface area contributed by atoms with Crippen LogP contribution in [0, 0.1) is 0 Å². The van der Waals surface area contributed by atoms with Crippen molar-refractivity contribution < 1.29 is 5.11 Å². The zero-order valence-corrected chi connectivity index (χ0v) is 14.4. The fourth-order valence-electron chi connectivity index (χ4n) is 3.36. The summed E-state index contributed by atoms with van der Waals surface area (Å²) in [5.74, 6) is 0. The van der Waals surface area contributed by atoms with Gasteiger partial charge in [-0.1, -0.05) is 47.8 Å². The summed E-state index contributed by atoms with van der Waals surface area (Å²) < 4.78 is 1.09. The average Bonchev–Trinajstić information content (AvgIpc) is 2.73. The Morgan fingerprint density at radius 1 is 1.38 bits per heavy atom. The molecule has 2 rings (SSSR count). The molecule has 1 aliphatic rings. The third kappa shape index (κ3) is 4.28. The van der Waals surface area contributed by atoms with Crippen molar-refractivity contribution >= 4 is 15.9 Å². The van der Waals surface area contributed by atoms with Crippen molar-refractivity contribution in [2.24, 2.45) is 5.73 Å². The number of likely N-dealkylation sites (tertiary alicyclic amines) is 1. The Bertz CT molecular complexity index is 441. The number of aliphatic hydroxyl groups is 1. The number of rotatable bonds is 5. The summed E-state index contributed by atoms with van der Waals surface area (Å²) in [5, 5.41) is 9.80. The van der Waals surface area contributed by atoms with Gasteiger partial charge in [-0.05, 0) is 43.5 Å². The lowest BCUT2D eigenvalue weighted by molar-refractivity contribution is 0.0714. The average molecular weight is 355 g/mol. The van der Waals surface area contributed by atoms with E-state index in [4.69, 9.17) is 5.73 Å². The lowest BCUT2D eigenvalue weighted by atomic mass is 9.94. The van der Waals surface area contributed by atoms with E-state index in [9.17, 15) is 5.11 Å². The number of aliphatic hydroxyl groups excluding tert-OH is 1. The maximum atomic E-state index is 9.80. The molecule has 118 valence electrons. The van der Waals surface area contributed by atoms with Crippen LogP contribution in [-0.4, -0.2) is 35.2 Å². The summed E-state index contributed by atoms with van der Waals surface area (Å²) in [6, 6.07) is 8.94. The van der Waals surface area contributed by atoms with Gasteiger partial charge < -0.3 is 10.8 Å². The monoisotopic (exact) mass is 354 g/mol. The van der Waals surface area contributed by atoms with Crippen LogP contribution in [0.5, 0.6) is 0 Å². The van der Waals surface area contributed by atoms with Crippen molar-refractivity contribution in [3.8, 4) is 0 Å². The van der Waals surface area contributed by atoms with E-state index in [1.165, 1.54) is 24.8 Å². The van der Waals surface area contributed by atoms with Gasteiger partial charge in [-0.15, -0.1) is 0 Å². The molecule has 3 N–H and O–H groups in total. The Labute approximate surface area is 136 Å². The number of nitrogens with two attached hydrogens (primary N) is 1. The first-order valence-electron chi connectivity index (χ1n) is 8.05. The highest BCUT2D eigenvalue weighted by Gasteiger charge is 2.31. The van der Waals surface area contributed by atoms with Crippen LogP contribution in [0.1, 0.15) is 50.6 Å². The molecule has 21 heavy (non-hydrogen) atoms. The van der Waals surface area contributed by atoms with Gasteiger partial charge in [-0.25, -0.2) is 0 Å². The molecular weight excluding hydrogens is 328 g/mol. The first kappa shape index (κ1) is 16.9. The highest BCUT2D eigenvalue weighted by atomic mass is 79.9. The van der Waals surface area contributed by atoms with Crippen molar-refractivity contribution in [2.75, 3.05) is 13.2 Å². The minimum absolute atomic E-state index is 0.0893. The summed E-state index contributed by atoms with van der Waals surface area (Å²) in [5.41, 5.74) is 7.71. The molecule has 0 aliphatic carbocycles. The molecule has 0 spiro atoms. The zero-order valence-electron chi connectivity index (χ0n) is 12.8. The second-order valence-corrected chi connectivity index (χ2v) is 6.91. The summed E-state index contributed by atoms with van der Waals surface area (Å²) in [6.07, 6.45) is 5.65. The van der Waals surface area contributed by atoms with Crippen LogP contribution in [0.25, 0.3) is 0 Å². The molecule has 1 aliphatic heterocycles. The summed E-state index contributed by atoms with van der Waals surface area (Å²) in [7, 11) is 0. The smallest absolute Gasteiger partial charge is 0.0587 e. The van der Waals surface area contributed by atoms with E-state index >= 15 is 0 Å². The van der Waals surface area contributed by atoms with Crippen molar-refractivity contribution in [3.05, 3.63) is 34.3 Å². The normalized spacial score (nSPS) is 23.5. The van der Waals surface area contributed by atoms with Crippen LogP contribution in [0.2, 0.25) is 0 Å². The Morgan fingerprint density at radius 2 is 2.19 bits per heavy atom. The standard InChI is InChI=1S/C17H27BrN2O/c1-2-16(19)17(13-7-6-8-14(18)11-13)20-10-5-3-4-9-15(20)12-21/h6-8,11,15-17,21H,2-5,9-10,12,19H2,1H3. The van der Waals surface area contributed by atoms with Gasteiger partial charge in [0.25, 0.3) is 0 Å². The number of halogens is 1. The van der Waals surface area contributed by atoms with Gasteiger partial charge in [-0.3, -0.25) is 4.90 Å². The number of benzene rings is 1. The molecule has 1 aromatic carbocycles. The SMILES string of the molecule is CCC(N)C(c1cccc(Br)c1)N1CCCCCC1CO. The lowest BCUT2D eigenvalue weighted by Crippen LogP contribution is -2.47. The number of hydrogen-bond acceptors (Lipinski definition) is 3. The fraction of sp³-hybridized carbons (Fsp3) is 0.647. The van der Waals surface area contributed by atoms with E-state index in [1.807, 2.05) is 6.07 Å². The van der Waals surface area contributed by atoms with Crippen LogP contribution >= 0.6 is 15.9 Å². The Kier molecular flexibility index (Phi) is 6.68. The van der Waals surface area contributed by atoms with Crippen molar-refractivity contribution in [3.63, 3.8) is 0 Å². The molecule has 1 saturated heterocycles. The summed E-state index contributed by atoms with van der Waals surface area (Å²) >= 11 is 3.56. The Morgan fingerprint density at radius 3 is 2.86 bits per heavy atom. The lowest BCUT2D eigenvalue weighted by Gasteiger charge is -2.39. The zero-order chi connectivity index (χ0) is 15.2. The van der Waals surface area contributed by atoms with E-state index in [0.29, 0.717) is 0 Å². The fourth-order valence-corrected chi connectivity index (χ4v) is 3.78. The Hall–Kier alpha value is -0.420. The number of hydrogen-bond donors (Lipinski definition) is 2. The van der Waals surface area contributed by atoms with Crippen molar-refractivity contribution in [1.29, 1.82) is 0 Å². The molecule has 1 heterocycles. The molecule has 0 amide bonds. The molecular formula is C17H27BrN2O. The quantitative estimate of drug-likeness (QED) is 0.850. The number of nitrogens with zero attached hydrogens (tertiary/aromatic N) is 1. The first-order valence-corrected chi connectivity index (χ1v) is 8.84. The molecule has 1 aromatic rings. The highest BCUT2D eigenvalue weighted by Crippen LogP contribution is 2.32. The molecule has 3 unspecified atom stereocenters. The maximum absolute atomic E-state index is 9.80. The van der Waals surface area contributed by atoms with Crippen LogP contribution in [0.15, 0.2) is 28.7 Å². The van der Waals surface area contributed by atoms with Crippen LogP contribution in [0.4, 0.5) is 0 Å². The Balaban J connectivity index is 2.33. The second-order valence-electron chi connectivity index (χ2n) is 6.00. The topological polar surface area (TPSA) is 49.5 Å². The van der Waals surface area contributed by atoms with E-state index in [-0.39, 0.29) is 24.7 Å². The molecule has 4 heteroatoms. The van der Waals surface area contributed by atoms with Gasteiger partial charge in [0.05, 0.1) is 12.6 Å². The van der Waals surface area contributed by atoms with E-state index in [0.717, 1.165) is 23.9 Å². The molecule has 0 bridgehead atoms. The van der Waals surface area contributed by atoms with Crippen LogP contribution in [-0.2, 0) is 0 Å². The predicted molar refractivity (Wildman–Crippen MR) is 91.2 cm³/mol. The minimum Gasteiger partial charge on any atom is -0.395 e. The van der Waals surface area contributed by atoms with Crippen LogP contribution < -0.4 is 5.73 Å². The third-order valence-corrected chi connectivity index (χ3v) is 5.05. The van der Waals surface area contributed by atoms with Gasteiger partial charge in [0, 0.05) is 16.6 Å². The molecule has 0 saturated carbocycles. The molecule has 1 fully saturated rings. The first-order chi connectivity index (χ1) is 10.2. The van der Waals surface area contributed by atoms with Gasteiger partial charge in [0.2, 0.25) is 0 Å². The third-order valence-electron chi connectivity index (χ3n) is 4.56. The van der Waals surface area contributed by atoms with E-state index < -0.39 is 0 Å². The van der Waals surface area contributed by atoms with E-state index in [1.54, 1.807) is 0 Å². The van der Waals surface area contributed by atoms with Gasteiger partial charge in [0.1, 0.15) is 0 Å². The minimum atomic E-state index is 0.0893. The van der Waals surface area contributed by atoms with E-state index in [2.05, 4.69) is 46.0 Å². The largest absolute Gasteiger partial charge is 0.395 e. The van der Waals surface area contributed by atoms with Crippen molar-refractivity contribution in [2.45, 2.75) is 57.2 Å². The van der Waals surface area contributed by atoms with Crippen molar-refractivity contribution in [1.82, 2.24) is 4.90 Å². The van der Waals surface area contributed by atoms with Crippen LogP contribution in [0.3, 0.4) is 0 Å².